The third kappa shape index (κ3) is 4.75. The van der Waals surface area contributed by atoms with Crippen LogP contribution in [-0.4, -0.2) is 32.1 Å². The number of para-hydroxylation sites is 2. The molecule has 0 saturated carbocycles. The Hall–Kier alpha value is -3.22. The molecule has 6 nitrogen and oxygen atoms in total. The third-order valence-corrected chi connectivity index (χ3v) is 7.60. The van der Waals surface area contributed by atoms with Crippen LogP contribution in [0.5, 0.6) is 0 Å². The normalized spacial score (nSPS) is 18.9. The first-order valence-corrected chi connectivity index (χ1v) is 13.4. The van der Waals surface area contributed by atoms with Gasteiger partial charge in [0.1, 0.15) is 13.1 Å². The summed E-state index contributed by atoms with van der Waals surface area (Å²) in [5.41, 5.74) is 4.90. The number of benzene rings is 2. The number of aromatic nitrogens is 2. The second-order valence-corrected chi connectivity index (χ2v) is 9.90. The molecular formula is C30H36N4O2+2. The van der Waals surface area contributed by atoms with Gasteiger partial charge < -0.3 is 20.1 Å². The average Bonchev–Trinajstić information content (AvgIpc) is 3.38. The van der Waals surface area contributed by atoms with Gasteiger partial charge in [-0.2, -0.15) is 9.13 Å². The first-order valence-electron chi connectivity index (χ1n) is 13.4. The van der Waals surface area contributed by atoms with Crippen LogP contribution in [0.25, 0.3) is 21.8 Å². The molecule has 2 aromatic heterocycles. The molecule has 3 aliphatic rings. The molecule has 36 heavy (non-hydrogen) atoms. The maximum atomic E-state index is 6.18. The molecule has 3 aliphatic heterocycles. The standard InChI is InChI=1S/C30H34N4O2/c1-6-18-33-20-12-26(24-8-2-4-10-28(24)33)31-16-14-30(35-22-23-36-30)15-17-32-27-13-21-34(19-7-1)29-11-5-3-9-25(27)29/h2-5,8-13,20-21H,1,6-7,14-19,22-23H2/p+2. The molecule has 4 aromatic rings. The van der Waals surface area contributed by atoms with Gasteiger partial charge in [-0.05, 0) is 18.6 Å². The van der Waals surface area contributed by atoms with Crippen molar-refractivity contribution in [2.75, 3.05) is 36.9 Å². The van der Waals surface area contributed by atoms with Crippen LogP contribution < -0.4 is 19.8 Å². The van der Waals surface area contributed by atoms with E-state index in [9.17, 15) is 0 Å². The molecule has 1 saturated heterocycles. The molecule has 1 fully saturated rings. The quantitative estimate of drug-likeness (QED) is 0.352. The molecule has 2 aromatic carbocycles. The molecule has 0 amide bonds. The lowest BCUT2D eigenvalue weighted by atomic mass is 10.1. The first-order chi connectivity index (χ1) is 17.8. The van der Waals surface area contributed by atoms with Gasteiger partial charge in [-0.15, -0.1) is 0 Å². The van der Waals surface area contributed by atoms with Crippen molar-refractivity contribution in [1.82, 2.24) is 0 Å². The number of ether oxygens (including phenoxy) is 2. The lowest BCUT2D eigenvalue weighted by Gasteiger charge is -2.28. The van der Waals surface area contributed by atoms with Gasteiger partial charge >= 0.3 is 0 Å². The maximum absolute atomic E-state index is 6.18. The highest BCUT2D eigenvalue weighted by Gasteiger charge is 2.35. The van der Waals surface area contributed by atoms with E-state index < -0.39 is 5.79 Å². The van der Waals surface area contributed by atoms with Gasteiger partial charge in [0.15, 0.2) is 18.2 Å². The number of anilines is 2. The van der Waals surface area contributed by atoms with Gasteiger partial charge in [0.2, 0.25) is 11.0 Å². The van der Waals surface area contributed by atoms with Crippen molar-refractivity contribution < 1.29 is 18.6 Å². The van der Waals surface area contributed by atoms with Crippen LogP contribution in [0.4, 0.5) is 11.4 Å². The van der Waals surface area contributed by atoms with Gasteiger partial charge in [-0.1, -0.05) is 24.3 Å². The van der Waals surface area contributed by atoms with Gasteiger partial charge in [-0.3, -0.25) is 0 Å². The Kier molecular flexibility index (Phi) is 6.71. The van der Waals surface area contributed by atoms with Gasteiger partial charge in [0.05, 0.1) is 35.4 Å². The van der Waals surface area contributed by atoms with Crippen molar-refractivity contribution in [3.8, 4) is 0 Å². The van der Waals surface area contributed by atoms with Gasteiger partial charge in [-0.25, -0.2) is 0 Å². The zero-order valence-corrected chi connectivity index (χ0v) is 20.9. The Labute approximate surface area is 212 Å². The van der Waals surface area contributed by atoms with E-state index in [2.05, 4.69) is 92.8 Å². The smallest absolute Gasteiger partial charge is 0.214 e. The van der Waals surface area contributed by atoms with Crippen LogP contribution in [0, 0.1) is 0 Å². The molecule has 4 bridgehead atoms. The highest BCUT2D eigenvalue weighted by atomic mass is 16.7. The molecule has 0 atom stereocenters. The number of nitrogens with one attached hydrogen (secondary N) is 2. The summed E-state index contributed by atoms with van der Waals surface area (Å²) >= 11 is 0. The van der Waals surface area contributed by atoms with Gasteiger partial charge in [0.25, 0.3) is 0 Å². The lowest BCUT2D eigenvalue weighted by molar-refractivity contribution is -0.675. The number of fused-ring (bicyclic) bond motifs is 10. The highest BCUT2D eigenvalue weighted by Crippen LogP contribution is 2.29. The van der Waals surface area contributed by atoms with E-state index in [1.54, 1.807) is 0 Å². The molecule has 0 aliphatic carbocycles. The summed E-state index contributed by atoms with van der Waals surface area (Å²) in [5, 5.41) is 9.88. The first kappa shape index (κ1) is 23.2. The number of hydrogen-bond acceptors (Lipinski definition) is 4. The van der Waals surface area contributed by atoms with E-state index >= 15 is 0 Å². The van der Waals surface area contributed by atoms with Crippen LogP contribution in [0.15, 0.2) is 73.1 Å². The van der Waals surface area contributed by atoms with Crippen molar-refractivity contribution in [3.63, 3.8) is 0 Å². The minimum absolute atomic E-state index is 0.546. The average molecular weight is 485 g/mol. The third-order valence-electron chi connectivity index (χ3n) is 7.60. The van der Waals surface area contributed by atoms with E-state index in [0.29, 0.717) is 13.2 Å². The van der Waals surface area contributed by atoms with Crippen molar-refractivity contribution in [3.05, 3.63) is 73.1 Å². The molecule has 1 spiro atoms. The summed E-state index contributed by atoms with van der Waals surface area (Å²) in [5.74, 6) is -0.546. The Bertz CT molecular complexity index is 1250. The van der Waals surface area contributed by atoms with Crippen LogP contribution >= 0.6 is 0 Å². The van der Waals surface area contributed by atoms with Crippen LogP contribution in [-0.2, 0) is 22.6 Å². The highest BCUT2D eigenvalue weighted by molar-refractivity contribution is 5.89. The SMILES string of the molecule is c1ccc2c(c1)c1cc[n+]2CCCCC[n+]2ccc(c3ccccc32)NCCC2(CCN1)OCCO2. The number of nitrogens with zero attached hydrogens (tertiary/aromatic N) is 2. The molecule has 2 N–H and O–H groups in total. The number of rotatable bonds is 0. The van der Waals surface area contributed by atoms with Gasteiger partial charge in [0, 0.05) is 63.0 Å². The fourth-order valence-corrected chi connectivity index (χ4v) is 5.70. The number of pyridine rings is 2. The predicted molar refractivity (Wildman–Crippen MR) is 143 cm³/mol. The molecule has 5 heterocycles. The largest absolute Gasteiger partial charge is 0.384 e. The molecule has 186 valence electrons. The fourth-order valence-electron chi connectivity index (χ4n) is 5.70. The van der Waals surface area contributed by atoms with Crippen LogP contribution in [0.2, 0.25) is 0 Å². The van der Waals surface area contributed by atoms with E-state index in [1.165, 1.54) is 39.6 Å². The molecule has 7 rings (SSSR count). The van der Waals surface area contributed by atoms with E-state index in [-0.39, 0.29) is 0 Å². The maximum Gasteiger partial charge on any atom is 0.214 e. The van der Waals surface area contributed by atoms with Crippen molar-refractivity contribution in [1.29, 1.82) is 0 Å². The zero-order chi connectivity index (χ0) is 24.2. The monoisotopic (exact) mass is 484 g/mol. The Morgan fingerprint density at radius 3 is 1.64 bits per heavy atom. The van der Waals surface area contributed by atoms with Crippen LogP contribution in [0.1, 0.15) is 32.1 Å². The predicted octanol–water partition coefficient (Wildman–Crippen LogP) is 4.80. The zero-order valence-electron chi connectivity index (χ0n) is 20.9. The number of aryl methyl sites for hydroxylation is 2. The van der Waals surface area contributed by atoms with Crippen molar-refractivity contribution in [2.45, 2.75) is 51.0 Å². The van der Waals surface area contributed by atoms with E-state index in [1.807, 2.05) is 0 Å². The summed E-state index contributed by atoms with van der Waals surface area (Å²) < 4.78 is 17.1. The summed E-state index contributed by atoms with van der Waals surface area (Å²) in [4.78, 5) is 0. The van der Waals surface area contributed by atoms with Crippen LogP contribution in [0.3, 0.4) is 0 Å². The minimum atomic E-state index is -0.546. The summed E-state index contributed by atoms with van der Waals surface area (Å²) in [7, 11) is 0. The summed E-state index contributed by atoms with van der Waals surface area (Å²) in [6.07, 6.45) is 9.58. The minimum Gasteiger partial charge on any atom is -0.384 e. The second-order valence-electron chi connectivity index (χ2n) is 9.90. The summed E-state index contributed by atoms with van der Waals surface area (Å²) in [6.45, 7) is 4.95. The van der Waals surface area contributed by atoms with Crippen molar-refractivity contribution >= 4 is 33.2 Å². The Morgan fingerprint density at radius 2 is 1.11 bits per heavy atom. The molecule has 0 radical (unpaired) electrons. The Balaban J connectivity index is 1.30. The molecule has 6 heteroatoms. The Morgan fingerprint density at radius 1 is 0.611 bits per heavy atom. The molecular weight excluding hydrogens is 448 g/mol. The fraction of sp³-hybridized carbons (Fsp3) is 0.400. The topological polar surface area (TPSA) is 50.3 Å². The van der Waals surface area contributed by atoms with E-state index in [0.717, 1.165) is 51.9 Å². The second kappa shape index (κ2) is 10.4. The molecule has 0 unspecified atom stereocenters. The van der Waals surface area contributed by atoms with E-state index in [4.69, 9.17) is 9.47 Å². The summed E-state index contributed by atoms with van der Waals surface area (Å²) in [6, 6.07) is 21.8. The lowest BCUT2D eigenvalue weighted by Crippen LogP contribution is -2.37. The van der Waals surface area contributed by atoms with Crippen molar-refractivity contribution in [2.24, 2.45) is 0 Å². The number of hydrogen-bond donors (Lipinski definition) is 2.